The van der Waals surface area contributed by atoms with Gasteiger partial charge < -0.3 is 20.8 Å². The highest BCUT2D eigenvalue weighted by Crippen LogP contribution is 2.25. The molecule has 0 unspecified atom stereocenters. The van der Waals surface area contributed by atoms with Crippen LogP contribution < -0.4 is 10.6 Å². The number of fused-ring (bicyclic) bond motifs is 1. The van der Waals surface area contributed by atoms with Gasteiger partial charge in [-0.15, -0.1) is 11.3 Å². The predicted molar refractivity (Wildman–Crippen MR) is 99.4 cm³/mol. The molecule has 25 heavy (non-hydrogen) atoms. The number of aliphatic carboxylic acids is 2. The molecule has 0 amide bonds. The zero-order valence-electron chi connectivity index (χ0n) is 14.3. The average molecular weight is 366 g/mol. The molecule has 9 heteroatoms. The first-order valence-corrected chi connectivity index (χ1v) is 8.66. The van der Waals surface area contributed by atoms with E-state index in [0.29, 0.717) is 24.1 Å². The number of carboxylic acids is 2. The Morgan fingerprint density at radius 3 is 2.36 bits per heavy atom. The van der Waals surface area contributed by atoms with Crippen LogP contribution in [0.1, 0.15) is 27.2 Å². The Morgan fingerprint density at radius 1 is 1.20 bits per heavy atom. The van der Waals surface area contributed by atoms with Crippen molar-refractivity contribution < 1.29 is 19.8 Å². The number of carbonyl (C=O) groups is 2. The minimum Gasteiger partial charge on any atom is -0.478 e. The van der Waals surface area contributed by atoms with Gasteiger partial charge >= 0.3 is 11.9 Å². The molecule has 8 nitrogen and oxygen atoms in total. The average Bonchev–Trinajstić information content (AvgIpc) is 3.00. The minimum atomic E-state index is -1.26. The van der Waals surface area contributed by atoms with Crippen molar-refractivity contribution in [2.75, 3.05) is 17.2 Å². The molecular formula is C16H22N4O4S. The Balaban J connectivity index is 0.000000333. The number of anilines is 2. The van der Waals surface area contributed by atoms with Gasteiger partial charge in [0.2, 0.25) is 5.95 Å². The second-order valence-electron chi connectivity index (χ2n) is 5.30. The lowest BCUT2D eigenvalue weighted by Gasteiger charge is -2.12. The van der Waals surface area contributed by atoms with Gasteiger partial charge in [-0.05, 0) is 20.3 Å². The van der Waals surface area contributed by atoms with Crippen molar-refractivity contribution in [3.8, 4) is 0 Å². The minimum absolute atomic E-state index is 0.368. The van der Waals surface area contributed by atoms with E-state index in [0.717, 1.165) is 29.7 Å². The molecule has 0 aliphatic heterocycles. The molecule has 2 aromatic rings. The Labute approximate surface area is 149 Å². The van der Waals surface area contributed by atoms with Gasteiger partial charge in [-0.25, -0.2) is 14.6 Å². The summed E-state index contributed by atoms with van der Waals surface area (Å²) in [6.45, 7) is 7.25. The summed E-state index contributed by atoms with van der Waals surface area (Å²) in [7, 11) is 0. The summed E-state index contributed by atoms with van der Waals surface area (Å²) in [4.78, 5) is 28.1. The molecule has 0 fully saturated rings. The van der Waals surface area contributed by atoms with Crippen LogP contribution in [0.2, 0.25) is 0 Å². The van der Waals surface area contributed by atoms with Gasteiger partial charge in [0.1, 0.15) is 5.82 Å². The Morgan fingerprint density at radius 2 is 1.84 bits per heavy atom. The molecule has 136 valence electrons. The smallest absolute Gasteiger partial charge is 0.328 e. The van der Waals surface area contributed by atoms with Crippen LogP contribution in [0.4, 0.5) is 11.8 Å². The first-order chi connectivity index (χ1) is 11.8. The van der Waals surface area contributed by atoms with Crippen molar-refractivity contribution in [2.45, 2.75) is 33.2 Å². The van der Waals surface area contributed by atoms with E-state index in [2.05, 4.69) is 52.1 Å². The lowest BCUT2D eigenvalue weighted by molar-refractivity contribution is -0.134. The lowest BCUT2D eigenvalue weighted by atomic mass is 10.3. The highest BCUT2D eigenvalue weighted by molar-refractivity contribution is 7.09. The van der Waals surface area contributed by atoms with E-state index in [1.54, 1.807) is 11.3 Å². The molecule has 0 saturated heterocycles. The fourth-order valence-electron chi connectivity index (χ4n) is 1.70. The van der Waals surface area contributed by atoms with Gasteiger partial charge in [0.05, 0.1) is 10.9 Å². The van der Waals surface area contributed by atoms with Gasteiger partial charge in [0, 0.05) is 35.5 Å². The van der Waals surface area contributed by atoms with E-state index in [-0.39, 0.29) is 0 Å². The summed E-state index contributed by atoms with van der Waals surface area (Å²) in [6.07, 6.45) is 2.18. The van der Waals surface area contributed by atoms with Crippen LogP contribution in [-0.2, 0) is 9.59 Å². The van der Waals surface area contributed by atoms with Crippen LogP contribution >= 0.6 is 11.3 Å². The molecule has 0 bridgehead atoms. The predicted octanol–water partition coefficient (Wildman–Crippen LogP) is 3.05. The van der Waals surface area contributed by atoms with Gasteiger partial charge in [0.25, 0.3) is 0 Å². The number of carboxylic acid groups (broad SMARTS) is 2. The number of hydrogen-bond donors (Lipinski definition) is 4. The first kappa shape index (κ1) is 20.4. The third-order valence-electron chi connectivity index (χ3n) is 2.67. The number of aromatic nitrogens is 2. The number of hydrogen-bond acceptors (Lipinski definition) is 7. The second kappa shape index (κ2) is 10.2. The monoisotopic (exact) mass is 366 g/mol. The Kier molecular flexibility index (Phi) is 8.34. The zero-order chi connectivity index (χ0) is 18.8. The Hall–Kier alpha value is -2.68. The summed E-state index contributed by atoms with van der Waals surface area (Å²) < 4.78 is 0. The normalized spacial score (nSPS) is 10.6. The fourth-order valence-corrected chi connectivity index (χ4v) is 2.45. The molecule has 0 spiro atoms. The molecule has 2 heterocycles. The summed E-state index contributed by atoms with van der Waals surface area (Å²) in [5.41, 5.74) is 1.01. The highest BCUT2D eigenvalue weighted by Gasteiger charge is 2.08. The van der Waals surface area contributed by atoms with Crippen molar-refractivity contribution in [3.05, 3.63) is 22.9 Å². The topological polar surface area (TPSA) is 124 Å². The maximum absolute atomic E-state index is 9.55. The zero-order valence-corrected chi connectivity index (χ0v) is 15.1. The molecule has 2 aromatic heterocycles. The number of thiophene rings is 1. The fraction of sp³-hybridized carbons (Fsp3) is 0.375. The van der Waals surface area contributed by atoms with E-state index < -0.39 is 11.9 Å². The van der Waals surface area contributed by atoms with E-state index in [1.165, 1.54) is 0 Å². The number of rotatable bonds is 7. The molecule has 0 aliphatic rings. The van der Waals surface area contributed by atoms with Crippen molar-refractivity contribution in [2.24, 2.45) is 0 Å². The van der Waals surface area contributed by atoms with E-state index in [4.69, 9.17) is 10.2 Å². The van der Waals surface area contributed by atoms with Crippen LogP contribution in [-0.4, -0.2) is 44.7 Å². The second-order valence-corrected chi connectivity index (χ2v) is 6.05. The number of nitrogens with zero attached hydrogens (tertiary/aromatic N) is 2. The molecule has 0 radical (unpaired) electrons. The molecular weight excluding hydrogens is 344 g/mol. The largest absolute Gasteiger partial charge is 0.478 e. The summed E-state index contributed by atoms with van der Waals surface area (Å²) in [5, 5.41) is 27.5. The van der Waals surface area contributed by atoms with Gasteiger partial charge in [-0.3, -0.25) is 0 Å². The first-order valence-electron chi connectivity index (χ1n) is 7.71. The maximum atomic E-state index is 9.55. The van der Waals surface area contributed by atoms with Crippen molar-refractivity contribution >= 4 is 45.9 Å². The van der Waals surface area contributed by atoms with E-state index in [1.807, 2.05) is 0 Å². The standard InChI is InChI=1S/C12H18N4S.C4H4O4/c1-4-5-13-12-15-10-7-17-6-9(10)11(16-12)14-8(2)3;5-3(6)1-2-4(7)8/h6-8H,4-5H2,1-3H3,(H2,13,14,15,16);1-2H,(H,5,6)(H,7,8)/b;2-1-. The molecule has 4 N–H and O–H groups in total. The highest BCUT2D eigenvalue weighted by atomic mass is 32.1. The van der Waals surface area contributed by atoms with Crippen LogP contribution in [0, 0.1) is 0 Å². The number of nitrogens with one attached hydrogen (secondary N) is 2. The van der Waals surface area contributed by atoms with Crippen molar-refractivity contribution in [3.63, 3.8) is 0 Å². The maximum Gasteiger partial charge on any atom is 0.328 e. The third-order valence-corrected chi connectivity index (χ3v) is 3.40. The van der Waals surface area contributed by atoms with Crippen LogP contribution in [0.5, 0.6) is 0 Å². The van der Waals surface area contributed by atoms with Crippen LogP contribution in [0.15, 0.2) is 22.9 Å². The van der Waals surface area contributed by atoms with E-state index >= 15 is 0 Å². The van der Waals surface area contributed by atoms with Crippen molar-refractivity contribution in [1.82, 2.24) is 9.97 Å². The summed E-state index contributed by atoms with van der Waals surface area (Å²) in [5.74, 6) is -0.884. The quantitative estimate of drug-likeness (QED) is 0.551. The van der Waals surface area contributed by atoms with Crippen LogP contribution in [0.25, 0.3) is 10.9 Å². The molecule has 0 saturated carbocycles. The SMILES string of the molecule is CCCNc1nc(NC(C)C)c2cscc2n1.O=C(O)/C=C\C(=O)O. The molecule has 0 aliphatic carbocycles. The summed E-state index contributed by atoms with van der Waals surface area (Å²) in [6, 6.07) is 0.368. The van der Waals surface area contributed by atoms with Gasteiger partial charge in [0.15, 0.2) is 0 Å². The van der Waals surface area contributed by atoms with Gasteiger partial charge in [-0.1, -0.05) is 6.92 Å². The van der Waals surface area contributed by atoms with Gasteiger partial charge in [-0.2, -0.15) is 4.98 Å². The molecule has 0 atom stereocenters. The Bertz CT molecular complexity index is 727. The summed E-state index contributed by atoms with van der Waals surface area (Å²) >= 11 is 1.66. The molecule has 2 rings (SSSR count). The van der Waals surface area contributed by atoms with E-state index in [9.17, 15) is 9.59 Å². The van der Waals surface area contributed by atoms with Crippen LogP contribution in [0.3, 0.4) is 0 Å². The molecule has 0 aromatic carbocycles. The van der Waals surface area contributed by atoms with Crippen molar-refractivity contribution in [1.29, 1.82) is 0 Å². The lowest BCUT2D eigenvalue weighted by Crippen LogP contribution is -2.13. The third kappa shape index (κ3) is 7.62.